The highest BCUT2D eigenvalue weighted by Gasteiger charge is 2.17. The van der Waals surface area contributed by atoms with Crippen molar-refractivity contribution in [2.24, 2.45) is 0 Å². The average Bonchev–Trinajstić information content (AvgIpc) is 3.30. The Labute approximate surface area is 178 Å². The van der Waals surface area contributed by atoms with Crippen LogP contribution in [-0.2, 0) is 11.3 Å². The largest absolute Gasteiger partial charge is 0.493 e. The first-order chi connectivity index (χ1) is 15.0. The first kappa shape index (κ1) is 21.6. The molecule has 160 valence electrons. The molecule has 0 bridgehead atoms. The molecule has 0 aliphatic heterocycles. The summed E-state index contributed by atoms with van der Waals surface area (Å²) < 4.78 is 28.7. The quantitative estimate of drug-likeness (QED) is 0.540. The van der Waals surface area contributed by atoms with Crippen LogP contribution in [0.15, 0.2) is 71.0 Å². The van der Waals surface area contributed by atoms with E-state index in [1.54, 1.807) is 36.4 Å². The summed E-state index contributed by atoms with van der Waals surface area (Å²) in [7, 11) is 2.96. The highest BCUT2D eigenvalue weighted by molar-refractivity contribution is 6.05. The molecule has 1 aromatic heterocycles. The molecule has 0 saturated carbocycles. The second-order valence-corrected chi connectivity index (χ2v) is 6.41. The molecule has 0 atom stereocenters. The molecule has 2 amide bonds. The van der Waals surface area contributed by atoms with Crippen molar-refractivity contribution < 1.29 is 27.9 Å². The Kier molecular flexibility index (Phi) is 7.05. The number of carbonyl (C=O) groups excluding carboxylic acids is 2. The van der Waals surface area contributed by atoms with Crippen molar-refractivity contribution in [3.05, 3.63) is 89.3 Å². The van der Waals surface area contributed by atoms with E-state index in [4.69, 9.17) is 13.9 Å². The zero-order valence-corrected chi connectivity index (χ0v) is 17.0. The fourth-order valence-corrected chi connectivity index (χ4v) is 2.73. The fourth-order valence-electron chi connectivity index (χ4n) is 2.73. The highest BCUT2D eigenvalue weighted by atomic mass is 19.1. The summed E-state index contributed by atoms with van der Waals surface area (Å²) in [6.45, 7) is 0.154. The fraction of sp³-hybridized carbons (Fsp3) is 0.130. The van der Waals surface area contributed by atoms with Gasteiger partial charge < -0.3 is 24.5 Å². The number of rotatable bonds is 8. The van der Waals surface area contributed by atoms with Gasteiger partial charge >= 0.3 is 0 Å². The lowest BCUT2D eigenvalue weighted by molar-refractivity contribution is -0.117. The number of halogens is 1. The third-order valence-corrected chi connectivity index (χ3v) is 4.33. The molecule has 3 rings (SSSR count). The van der Waals surface area contributed by atoms with Crippen LogP contribution in [0.5, 0.6) is 11.5 Å². The maximum Gasteiger partial charge on any atom is 0.268 e. The summed E-state index contributed by atoms with van der Waals surface area (Å²) in [6, 6.07) is 13.7. The Balaban J connectivity index is 1.78. The molecule has 3 aromatic rings. The first-order valence-electron chi connectivity index (χ1n) is 9.31. The zero-order chi connectivity index (χ0) is 22.2. The van der Waals surface area contributed by atoms with Crippen LogP contribution in [0.3, 0.4) is 0 Å². The summed E-state index contributed by atoms with van der Waals surface area (Å²) in [4.78, 5) is 25.5. The van der Waals surface area contributed by atoms with Crippen LogP contribution in [0.2, 0.25) is 0 Å². The van der Waals surface area contributed by atoms with Crippen LogP contribution in [0, 0.1) is 5.82 Å². The van der Waals surface area contributed by atoms with Crippen molar-refractivity contribution >= 4 is 17.9 Å². The number of methoxy groups -OCH3 is 2. The van der Waals surface area contributed by atoms with Gasteiger partial charge in [0.1, 0.15) is 17.3 Å². The number of carbonyl (C=O) groups is 2. The smallest absolute Gasteiger partial charge is 0.268 e. The Morgan fingerprint density at radius 2 is 1.77 bits per heavy atom. The van der Waals surface area contributed by atoms with Crippen molar-refractivity contribution in [3.8, 4) is 11.5 Å². The van der Waals surface area contributed by atoms with E-state index in [-0.39, 0.29) is 23.6 Å². The molecular weight excluding hydrogens is 403 g/mol. The topological polar surface area (TPSA) is 89.8 Å². The highest BCUT2D eigenvalue weighted by Crippen LogP contribution is 2.27. The number of amides is 2. The van der Waals surface area contributed by atoms with Crippen LogP contribution in [0.25, 0.3) is 6.08 Å². The number of benzene rings is 2. The van der Waals surface area contributed by atoms with E-state index in [1.807, 2.05) is 0 Å². The summed E-state index contributed by atoms with van der Waals surface area (Å²) in [6.07, 6.45) is 2.87. The number of hydrogen-bond donors (Lipinski definition) is 2. The minimum absolute atomic E-state index is 0.0168. The van der Waals surface area contributed by atoms with Gasteiger partial charge in [-0.25, -0.2) is 4.39 Å². The predicted molar refractivity (Wildman–Crippen MR) is 112 cm³/mol. The molecule has 0 saturated heterocycles. The monoisotopic (exact) mass is 424 g/mol. The molecule has 7 nitrogen and oxygen atoms in total. The van der Waals surface area contributed by atoms with Crippen LogP contribution in [-0.4, -0.2) is 26.0 Å². The van der Waals surface area contributed by atoms with Crippen LogP contribution in [0.1, 0.15) is 21.7 Å². The molecule has 0 radical (unpaired) electrons. The SMILES string of the molecule is COc1ccc(C(=O)N/C(=C\c2ccco2)C(=O)NCc2ccc(F)cc2)cc1OC. The maximum absolute atomic E-state index is 13.1. The lowest BCUT2D eigenvalue weighted by atomic mass is 10.1. The average molecular weight is 424 g/mol. The van der Waals surface area contributed by atoms with E-state index >= 15 is 0 Å². The van der Waals surface area contributed by atoms with E-state index in [0.29, 0.717) is 22.8 Å². The number of ether oxygens (including phenoxy) is 2. The second kappa shape index (κ2) is 10.1. The van der Waals surface area contributed by atoms with Gasteiger partial charge in [0.15, 0.2) is 11.5 Å². The van der Waals surface area contributed by atoms with Gasteiger partial charge in [-0.2, -0.15) is 0 Å². The van der Waals surface area contributed by atoms with Gasteiger partial charge in [-0.05, 0) is 48.0 Å². The predicted octanol–water partition coefficient (Wildman–Crippen LogP) is 3.52. The Bertz CT molecular complexity index is 1080. The molecule has 0 aliphatic carbocycles. The van der Waals surface area contributed by atoms with E-state index in [0.717, 1.165) is 0 Å². The molecule has 2 aromatic carbocycles. The third kappa shape index (κ3) is 5.72. The van der Waals surface area contributed by atoms with Gasteiger partial charge in [0.05, 0.1) is 20.5 Å². The summed E-state index contributed by atoms with van der Waals surface area (Å²) in [5, 5.41) is 5.30. The summed E-state index contributed by atoms with van der Waals surface area (Å²) in [5.41, 5.74) is 0.962. The van der Waals surface area contributed by atoms with Gasteiger partial charge in [0, 0.05) is 18.2 Å². The van der Waals surface area contributed by atoms with Crippen LogP contribution in [0.4, 0.5) is 4.39 Å². The maximum atomic E-state index is 13.1. The molecular formula is C23H21FN2O5. The zero-order valence-electron chi connectivity index (χ0n) is 17.0. The van der Waals surface area contributed by atoms with Crippen LogP contribution >= 0.6 is 0 Å². The van der Waals surface area contributed by atoms with Gasteiger partial charge in [-0.3, -0.25) is 9.59 Å². The third-order valence-electron chi connectivity index (χ3n) is 4.33. The lowest BCUT2D eigenvalue weighted by Gasteiger charge is -2.12. The summed E-state index contributed by atoms with van der Waals surface area (Å²) in [5.74, 6) is -0.171. The van der Waals surface area contributed by atoms with E-state index in [9.17, 15) is 14.0 Å². The number of hydrogen-bond acceptors (Lipinski definition) is 5. The molecule has 8 heteroatoms. The van der Waals surface area contributed by atoms with Crippen molar-refractivity contribution in [3.63, 3.8) is 0 Å². The van der Waals surface area contributed by atoms with Gasteiger partial charge in [0.2, 0.25) is 0 Å². The normalized spacial score (nSPS) is 11.0. The van der Waals surface area contributed by atoms with Crippen molar-refractivity contribution in [1.29, 1.82) is 0 Å². The van der Waals surface area contributed by atoms with Crippen molar-refractivity contribution in [2.45, 2.75) is 6.54 Å². The van der Waals surface area contributed by atoms with Crippen molar-refractivity contribution in [2.75, 3.05) is 14.2 Å². The first-order valence-corrected chi connectivity index (χ1v) is 9.31. The summed E-state index contributed by atoms with van der Waals surface area (Å²) >= 11 is 0. The van der Waals surface area contributed by atoms with E-state index < -0.39 is 11.8 Å². The minimum atomic E-state index is -0.533. The van der Waals surface area contributed by atoms with Crippen LogP contribution < -0.4 is 20.1 Å². The molecule has 0 unspecified atom stereocenters. The lowest BCUT2D eigenvalue weighted by Crippen LogP contribution is -2.34. The molecule has 0 fully saturated rings. The number of furan rings is 1. The van der Waals surface area contributed by atoms with Gasteiger partial charge in [-0.15, -0.1) is 0 Å². The Morgan fingerprint density at radius 1 is 1.03 bits per heavy atom. The molecule has 1 heterocycles. The molecule has 0 aliphatic rings. The van der Waals surface area contributed by atoms with Crippen molar-refractivity contribution in [1.82, 2.24) is 10.6 Å². The molecule has 2 N–H and O–H groups in total. The van der Waals surface area contributed by atoms with E-state index in [2.05, 4.69) is 10.6 Å². The minimum Gasteiger partial charge on any atom is -0.493 e. The standard InChI is InChI=1S/C23H21FN2O5/c1-29-20-10-7-16(12-21(20)30-2)22(27)26-19(13-18-4-3-11-31-18)23(28)25-14-15-5-8-17(24)9-6-15/h3-13H,14H2,1-2H3,(H,25,28)(H,26,27)/b19-13-. The van der Waals surface area contributed by atoms with Gasteiger partial charge in [-0.1, -0.05) is 12.1 Å². The van der Waals surface area contributed by atoms with Gasteiger partial charge in [0.25, 0.3) is 11.8 Å². The Hall–Kier alpha value is -4.07. The number of nitrogens with one attached hydrogen (secondary N) is 2. The Morgan fingerprint density at radius 3 is 2.42 bits per heavy atom. The molecule has 31 heavy (non-hydrogen) atoms. The second-order valence-electron chi connectivity index (χ2n) is 6.41. The van der Waals surface area contributed by atoms with E-state index in [1.165, 1.54) is 44.8 Å². The molecule has 0 spiro atoms.